The molecule has 0 aromatic heterocycles. The molecule has 11 heteroatoms. The molecule has 0 unspecified atom stereocenters. The Morgan fingerprint density at radius 2 is 1.93 bits per heavy atom. The Morgan fingerprint density at radius 3 is 2.54 bits per heavy atom. The van der Waals surface area contributed by atoms with Gasteiger partial charge >= 0.3 is 6.18 Å². The Labute approximate surface area is 167 Å². The number of hydrogen-bond acceptors (Lipinski definition) is 5. The summed E-state index contributed by atoms with van der Waals surface area (Å²) >= 11 is 0. The van der Waals surface area contributed by atoms with E-state index in [1.54, 1.807) is 0 Å². The lowest BCUT2D eigenvalue weighted by molar-refractivity contribution is -0.384. The zero-order valence-corrected chi connectivity index (χ0v) is 16.0. The highest BCUT2D eigenvalue weighted by Crippen LogP contribution is 2.34. The first kappa shape index (κ1) is 24.0. The molecule has 0 bridgehead atoms. The van der Waals surface area contributed by atoms with Gasteiger partial charge in [-0.3, -0.25) is 14.9 Å². The van der Waals surface area contributed by atoms with Gasteiger partial charge in [0.15, 0.2) is 0 Å². The molecule has 0 atom stereocenters. The Morgan fingerprint density at radius 1 is 1.25 bits per heavy atom. The molecule has 1 aliphatic heterocycles. The highest BCUT2D eigenvalue weighted by atomic mass is 35.5. The number of anilines is 1. The molecule has 0 saturated carbocycles. The summed E-state index contributed by atoms with van der Waals surface area (Å²) in [6.45, 7) is 2.35. The number of halogens is 4. The zero-order chi connectivity index (χ0) is 19.9. The minimum atomic E-state index is -4.65. The predicted octanol–water partition coefficient (Wildman–Crippen LogP) is 3.34. The molecule has 0 radical (unpaired) electrons. The monoisotopic (exact) mass is 424 g/mol. The molecule has 2 rings (SSSR count). The fourth-order valence-electron chi connectivity index (χ4n) is 3.00. The first-order valence-corrected chi connectivity index (χ1v) is 8.84. The highest BCUT2D eigenvalue weighted by Gasteiger charge is 2.33. The number of nitro benzene ring substituents is 1. The van der Waals surface area contributed by atoms with Crippen LogP contribution in [0, 0.1) is 16.0 Å². The zero-order valence-electron chi connectivity index (χ0n) is 15.2. The number of rotatable bonds is 8. The van der Waals surface area contributed by atoms with Crippen LogP contribution in [-0.4, -0.2) is 37.0 Å². The van der Waals surface area contributed by atoms with Crippen LogP contribution in [0.25, 0.3) is 0 Å². The number of carbonyl (C=O) groups excluding carboxylic acids is 1. The van der Waals surface area contributed by atoms with Crippen molar-refractivity contribution in [3.63, 3.8) is 0 Å². The fourth-order valence-corrected chi connectivity index (χ4v) is 3.00. The molecule has 3 N–H and O–H groups in total. The molecule has 158 valence electrons. The Hall–Kier alpha value is -2.07. The number of benzene rings is 1. The third-order valence-corrected chi connectivity index (χ3v) is 4.52. The van der Waals surface area contributed by atoms with Crippen LogP contribution in [0.4, 0.5) is 24.5 Å². The molecule has 7 nitrogen and oxygen atoms in total. The number of amides is 1. The Kier molecular flexibility index (Phi) is 9.47. The highest BCUT2D eigenvalue weighted by molar-refractivity contribution is 5.85. The van der Waals surface area contributed by atoms with Gasteiger partial charge in [0, 0.05) is 25.6 Å². The van der Waals surface area contributed by atoms with Crippen LogP contribution in [0.2, 0.25) is 0 Å². The molecule has 0 spiro atoms. The van der Waals surface area contributed by atoms with Crippen LogP contribution in [0.15, 0.2) is 18.2 Å². The second kappa shape index (κ2) is 11.1. The summed E-state index contributed by atoms with van der Waals surface area (Å²) in [6, 6.07) is 2.31. The maximum atomic E-state index is 12.7. The van der Waals surface area contributed by atoms with E-state index in [1.165, 1.54) is 0 Å². The number of nitro groups is 1. The first-order chi connectivity index (χ1) is 12.8. The van der Waals surface area contributed by atoms with Gasteiger partial charge in [0.2, 0.25) is 5.91 Å². The van der Waals surface area contributed by atoms with E-state index in [9.17, 15) is 28.1 Å². The molecular formula is C17H24ClF3N4O3. The van der Waals surface area contributed by atoms with E-state index in [0.717, 1.165) is 44.5 Å². The molecule has 1 heterocycles. The summed E-state index contributed by atoms with van der Waals surface area (Å²) in [7, 11) is 0. The minimum Gasteiger partial charge on any atom is -0.378 e. The molecule has 28 heavy (non-hydrogen) atoms. The predicted molar refractivity (Wildman–Crippen MR) is 102 cm³/mol. The van der Waals surface area contributed by atoms with Crippen molar-refractivity contribution >= 4 is 29.7 Å². The van der Waals surface area contributed by atoms with Crippen molar-refractivity contribution in [2.45, 2.75) is 31.9 Å². The van der Waals surface area contributed by atoms with Crippen LogP contribution >= 0.6 is 12.4 Å². The smallest absolute Gasteiger partial charge is 0.378 e. The largest absolute Gasteiger partial charge is 0.416 e. The lowest BCUT2D eigenvalue weighted by Gasteiger charge is -2.22. The quantitative estimate of drug-likeness (QED) is 0.338. The number of alkyl halides is 3. The SMILES string of the molecule is Cl.O=C(CCC1CCNCC1)NCCNc1ccc(C(F)(F)F)cc1[N+](=O)[O-]. The van der Waals surface area contributed by atoms with Crippen molar-refractivity contribution in [1.29, 1.82) is 0 Å². The van der Waals surface area contributed by atoms with Crippen molar-refractivity contribution in [2.24, 2.45) is 5.92 Å². The normalized spacial score (nSPS) is 14.8. The molecule has 1 fully saturated rings. The van der Waals surface area contributed by atoms with E-state index in [2.05, 4.69) is 16.0 Å². The number of carbonyl (C=O) groups is 1. The third kappa shape index (κ3) is 7.51. The van der Waals surface area contributed by atoms with Crippen LogP contribution in [-0.2, 0) is 11.0 Å². The summed E-state index contributed by atoms with van der Waals surface area (Å²) in [5.74, 6) is 0.446. The summed E-state index contributed by atoms with van der Waals surface area (Å²) < 4.78 is 38.0. The number of nitrogens with one attached hydrogen (secondary N) is 3. The molecule has 1 aromatic rings. The second-order valence-electron chi connectivity index (χ2n) is 6.50. The van der Waals surface area contributed by atoms with Gasteiger partial charge < -0.3 is 16.0 Å². The summed E-state index contributed by atoms with van der Waals surface area (Å²) in [6.07, 6.45) is -1.28. The molecule has 0 aliphatic carbocycles. The van der Waals surface area contributed by atoms with Gasteiger partial charge in [-0.2, -0.15) is 13.2 Å². The fraction of sp³-hybridized carbons (Fsp3) is 0.588. The minimum absolute atomic E-state index is 0. The van der Waals surface area contributed by atoms with E-state index in [0.29, 0.717) is 18.4 Å². The number of hydrogen-bond donors (Lipinski definition) is 3. The topological polar surface area (TPSA) is 96.3 Å². The van der Waals surface area contributed by atoms with E-state index in [4.69, 9.17) is 0 Å². The molecular weight excluding hydrogens is 401 g/mol. The standard InChI is InChI=1S/C17H23F3N4O3.ClH/c18-17(19,20)13-2-3-14(15(11-13)24(26)27)22-9-10-23-16(25)4-1-12-5-7-21-8-6-12;/h2-3,11-12,21-22H,1,4-10H2,(H,23,25);1H. The molecule has 1 aromatic carbocycles. The van der Waals surface area contributed by atoms with Crippen molar-refractivity contribution in [3.8, 4) is 0 Å². The van der Waals surface area contributed by atoms with Gasteiger partial charge in [0.25, 0.3) is 5.69 Å². The number of piperidine rings is 1. The number of nitrogens with zero attached hydrogens (tertiary/aromatic N) is 1. The lowest BCUT2D eigenvalue weighted by atomic mass is 9.93. The van der Waals surface area contributed by atoms with Gasteiger partial charge in [-0.05, 0) is 50.4 Å². The van der Waals surface area contributed by atoms with Gasteiger partial charge in [-0.25, -0.2) is 0 Å². The van der Waals surface area contributed by atoms with Gasteiger partial charge in [-0.15, -0.1) is 12.4 Å². The summed E-state index contributed by atoms with van der Waals surface area (Å²) in [5.41, 5.74) is -1.75. The van der Waals surface area contributed by atoms with Gasteiger partial charge in [-0.1, -0.05) is 0 Å². The summed E-state index contributed by atoms with van der Waals surface area (Å²) in [5, 5.41) is 19.7. The second-order valence-corrected chi connectivity index (χ2v) is 6.50. The molecule has 1 amide bonds. The van der Waals surface area contributed by atoms with E-state index >= 15 is 0 Å². The average Bonchev–Trinajstić information content (AvgIpc) is 2.63. The molecule has 1 aliphatic rings. The van der Waals surface area contributed by atoms with Gasteiger partial charge in [0.1, 0.15) is 5.69 Å². The van der Waals surface area contributed by atoms with Crippen molar-refractivity contribution in [1.82, 2.24) is 10.6 Å². The first-order valence-electron chi connectivity index (χ1n) is 8.84. The third-order valence-electron chi connectivity index (χ3n) is 4.52. The molecule has 1 saturated heterocycles. The van der Waals surface area contributed by atoms with Crippen LogP contribution in [0.3, 0.4) is 0 Å². The Balaban J connectivity index is 0.00000392. The lowest BCUT2D eigenvalue weighted by Crippen LogP contribution is -2.31. The summed E-state index contributed by atoms with van der Waals surface area (Å²) in [4.78, 5) is 22.0. The van der Waals surface area contributed by atoms with Gasteiger partial charge in [0.05, 0.1) is 10.5 Å². The van der Waals surface area contributed by atoms with Crippen molar-refractivity contribution < 1.29 is 22.9 Å². The Bertz CT molecular complexity index is 668. The van der Waals surface area contributed by atoms with Crippen molar-refractivity contribution in [2.75, 3.05) is 31.5 Å². The van der Waals surface area contributed by atoms with E-state index < -0.39 is 22.4 Å². The van der Waals surface area contributed by atoms with Crippen LogP contribution < -0.4 is 16.0 Å². The van der Waals surface area contributed by atoms with Crippen LogP contribution in [0.5, 0.6) is 0 Å². The maximum Gasteiger partial charge on any atom is 0.416 e. The van der Waals surface area contributed by atoms with Crippen molar-refractivity contribution in [3.05, 3.63) is 33.9 Å². The van der Waals surface area contributed by atoms with E-state index in [-0.39, 0.29) is 37.1 Å². The maximum absolute atomic E-state index is 12.7. The average molecular weight is 425 g/mol. The van der Waals surface area contributed by atoms with E-state index in [1.807, 2.05) is 0 Å². The van der Waals surface area contributed by atoms with Crippen LogP contribution in [0.1, 0.15) is 31.2 Å².